The standard InChI is InChI=1S/C12H18N2O4/c1-3-17-6-7-18-12-5-4-11(14(15)16)8-10(12)9-13-2/h4-5,8,13H,3,6-7,9H2,1-2H3. The minimum atomic E-state index is -0.414. The normalized spacial score (nSPS) is 10.3. The van der Waals surface area contributed by atoms with Gasteiger partial charge in [0, 0.05) is 30.8 Å². The second kappa shape index (κ2) is 7.62. The maximum absolute atomic E-state index is 10.7. The topological polar surface area (TPSA) is 73.6 Å². The summed E-state index contributed by atoms with van der Waals surface area (Å²) in [5.41, 5.74) is 0.834. The highest BCUT2D eigenvalue weighted by Crippen LogP contribution is 2.24. The molecular weight excluding hydrogens is 236 g/mol. The zero-order valence-corrected chi connectivity index (χ0v) is 10.6. The van der Waals surface area contributed by atoms with Crippen LogP contribution >= 0.6 is 0 Å². The van der Waals surface area contributed by atoms with Gasteiger partial charge in [0.2, 0.25) is 0 Å². The number of nitro benzene ring substituents is 1. The number of ether oxygens (including phenoxy) is 2. The van der Waals surface area contributed by atoms with Crippen LogP contribution in [0.2, 0.25) is 0 Å². The van der Waals surface area contributed by atoms with E-state index in [1.165, 1.54) is 12.1 Å². The van der Waals surface area contributed by atoms with Crippen LogP contribution in [0.25, 0.3) is 0 Å². The molecule has 0 aromatic heterocycles. The van der Waals surface area contributed by atoms with Crippen molar-refractivity contribution in [3.05, 3.63) is 33.9 Å². The molecule has 6 nitrogen and oxygen atoms in total. The van der Waals surface area contributed by atoms with Crippen LogP contribution in [0.1, 0.15) is 12.5 Å². The summed E-state index contributed by atoms with van der Waals surface area (Å²) in [5.74, 6) is 0.648. The summed E-state index contributed by atoms with van der Waals surface area (Å²) in [4.78, 5) is 10.3. The lowest BCUT2D eigenvalue weighted by Crippen LogP contribution is -2.11. The summed E-state index contributed by atoms with van der Waals surface area (Å²) in [6, 6.07) is 4.58. The molecule has 100 valence electrons. The van der Waals surface area contributed by atoms with E-state index in [2.05, 4.69) is 5.32 Å². The monoisotopic (exact) mass is 254 g/mol. The molecule has 0 aliphatic carbocycles. The maximum atomic E-state index is 10.7. The number of hydrogen-bond acceptors (Lipinski definition) is 5. The molecule has 0 saturated heterocycles. The van der Waals surface area contributed by atoms with Crippen molar-refractivity contribution in [1.29, 1.82) is 0 Å². The Labute approximate surface area is 106 Å². The molecule has 0 fully saturated rings. The summed E-state index contributed by atoms with van der Waals surface area (Å²) in [6.45, 7) is 4.02. The second-order valence-electron chi connectivity index (χ2n) is 3.62. The van der Waals surface area contributed by atoms with Gasteiger partial charge in [-0.1, -0.05) is 0 Å². The van der Waals surface area contributed by atoms with E-state index in [9.17, 15) is 10.1 Å². The average Bonchev–Trinajstić information content (AvgIpc) is 2.36. The molecule has 1 aromatic carbocycles. The molecule has 1 N–H and O–H groups in total. The average molecular weight is 254 g/mol. The lowest BCUT2D eigenvalue weighted by Gasteiger charge is -2.11. The van der Waals surface area contributed by atoms with E-state index in [-0.39, 0.29) is 5.69 Å². The van der Waals surface area contributed by atoms with Gasteiger partial charge in [-0.2, -0.15) is 0 Å². The fourth-order valence-corrected chi connectivity index (χ4v) is 1.50. The molecule has 0 unspecified atom stereocenters. The molecule has 1 rings (SSSR count). The molecule has 0 bridgehead atoms. The van der Waals surface area contributed by atoms with E-state index >= 15 is 0 Å². The Bertz CT molecular complexity index is 396. The first-order valence-corrected chi connectivity index (χ1v) is 5.81. The first kappa shape index (κ1) is 14.4. The van der Waals surface area contributed by atoms with Gasteiger partial charge in [-0.25, -0.2) is 0 Å². The maximum Gasteiger partial charge on any atom is 0.270 e. The van der Waals surface area contributed by atoms with Gasteiger partial charge in [0.15, 0.2) is 0 Å². The van der Waals surface area contributed by atoms with Crippen molar-refractivity contribution < 1.29 is 14.4 Å². The Morgan fingerprint density at radius 3 is 2.78 bits per heavy atom. The smallest absolute Gasteiger partial charge is 0.270 e. The Morgan fingerprint density at radius 1 is 1.39 bits per heavy atom. The van der Waals surface area contributed by atoms with Crippen LogP contribution in [0.5, 0.6) is 5.75 Å². The van der Waals surface area contributed by atoms with Crippen molar-refractivity contribution in [3.8, 4) is 5.75 Å². The van der Waals surface area contributed by atoms with E-state index in [0.717, 1.165) is 5.56 Å². The van der Waals surface area contributed by atoms with Gasteiger partial charge in [-0.15, -0.1) is 0 Å². The van der Waals surface area contributed by atoms with Crippen molar-refractivity contribution in [2.24, 2.45) is 0 Å². The largest absolute Gasteiger partial charge is 0.491 e. The van der Waals surface area contributed by atoms with E-state index in [1.54, 1.807) is 13.1 Å². The lowest BCUT2D eigenvalue weighted by molar-refractivity contribution is -0.384. The predicted molar refractivity (Wildman–Crippen MR) is 67.8 cm³/mol. The van der Waals surface area contributed by atoms with Crippen molar-refractivity contribution in [1.82, 2.24) is 5.32 Å². The summed E-state index contributed by atoms with van der Waals surface area (Å²) >= 11 is 0. The van der Waals surface area contributed by atoms with Crippen molar-refractivity contribution in [3.63, 3.8) is 0 Å². The Morgan fingerprint density at radius 2 is 2.17 bits per heavy atom. The molecule has 0 aliphatic heterocycles. The number of rotatable bonds is 8. The van der Waals surface area contributed by atoms with Gasteiger partial charge in [-0.3, -0.25) is 10.1 Å². The third kappa shape index (κ3) is 4.31. The second-order valence-corrected chi connectivity index (χ2v) is 3.62. The van der Waals surface area contributed by atoms with Gasteiger partial charge in [0.1, 0.15) is 12.4 Å². The summed E-state index contributed by atoms with van der Waals surface area (Å²) in [7, 11) is 1.78. The highest BCUT2D eigenvalue weighted by atomic mass is 16.6. The first-order chi connectivity index (χ1) is 8.69. The number of nitro groups is 1. The third-order valence-corrected chi connectivity index (χ3v) is 2.31. The molecule has 6 heteroatoms. The van der Waals surface area contributed by atoms with Gasteiger partial charge in [-0.05, 0) is 20.0 Å². The Kier molecular flexibility index (Phi) is 6.10. The van der Waals surface area contributed by atoms with Crippen molar-refractivity contribution >= 4 is 5.69 Å². The fraction of sp³-hybridized carbons (Fsp3) is 0.500. The minimum Gasteiger partial charge on any atom is -0.491 e. The Hall–Kier alpha value is -1.66. The van der Waals surface area contributed by atoms with Gasteiger partial charge < -0.3 is 14.8 Å². The van der Waals surface area contributed by atoms with Crippen LogP contribution in [0.15, 0.2) is 18.2 Å². The molecular formula is C12H18N2O4. The molecule has 0 atom stereocenters. The molecule has 0 saturated carbocycles. The van der Waals surface area contributed by atoms with E-state index in [4.69, 9.17) is 9.47 Å². The van der Waals surface area contributed by atoms with E-state index in [0.29, 0.717) is 32.1 Å². The van der Waals surface area contributed by atoms with Crippen LogP contribution < -0.4 is 10.1 Å². The number of nitrogens with one attached hydrogen (secondary N) is 1. The highest BCUT2D eigenvalue weighted by molar-refractivity contribution is 5.43. The zero-order valence-electron chi connectivity index (χ0n) is 10.6. The van der Waals surface area contributed by atoms with Gasteiger partial charge in [0.05, 0.1) is 11.5 Å². The van der Waals surface area contributed by atoms with Crippen LogP contribution in [0.4, 0.5) is 5.69 Å². The van der Waals surface area contributed by atoms with Crippen LogP contribution in [-0.4, -0.2) is 31.8 Å². The fourth-order valence-electron chi connectivity index (χ4n) is 1.50. The molecule has 0 spiro atoms. The predicted octanol–water partition coefficient (Wildman–Crippen LogP) is 1.73. The van der Waals surface area contributed by atoms with Crippen LogP contribution in [-0.2, 0) is 11.3 Å². The van der Waals surface area contributed by atoms with Crippen molar-refractivity contribution in [2.45, 2.75) is 13.5 Å². The molecule has 0 heterocycles. The Balaban J connectivity index is 2.73. The molecule has 18 heavy (non-hydrogen) atoms. The third-order valence-electron chi connectivity index (χ3n) is 2.31. The zero-order chi connectivity index (χ0) is 13.4. The highest BCUT2D eigenvalue weighted by Gasteiger charge is 2.11. The summed E-state index contributed by atoms with van der Waals surface area (Å²) in [5, 5.41) is 13.7. The first-order valence-electron chi connectivity index (χ1n) is 5.81. The van der Waals surface area contributed by atoms with E-state index < -0.39 is 4.92 Å². The van der Waals surface area contributed by atoms with Crippen molar-refractivity contribution in [2.75, 3.05) is 26.9 Å². The number of hydrogen-bond donors (Lipinski definition) is 1. The number of non-ortho nitro benzene ring substituents is 1. The summed E-state index contributed by atoms with van der Waals surface area (Å²) < 4.78 is 10.7. The van der Waals surface area contributed by atoms with E-state index in [1.807, 2.05) is 6.92 Å². The van der Waals surface area contributed by atoms with Crippen LogP contribution in [0.3, 0.4) is 0 Å². The minimum absolute atomic E-state index is 0.0670. The van der Waals surface area contributed by atoms with Gasteiger partial charge >= 0.3 is 0 Å². The SMILES string of the molecule is CCOCCOc1ccc([N+](=O)[O-])cc1CNC. The molecule has 0 amide bonds. The molecule has 0 radical (unpaired) electrons. The van der Waals surface area contributed by atoms with Gasteiger partial charge in [0.25, 0.3) is 5.69 Å². The summed E-state index contributed by atoms with van der Waals surface area (Å²) in [6.07, 6.45) is 0. The number of benzene rings is 1. The number of nitrogens with zero attached hydrogens (tertiary/aromatic N) is 1. The lowest BCUT2D eigenvalue weighted by atomic mass is 10.2. The van der Waals surface area contributed by atoms with Crippen LogP contribution in [0, 0.1) is 10.1 Å². The quantitative estimate of drug-likeness (QED) is 0.434. The molecule has 1 aromatic rings. The molecule has 0 aliphatic rings.